The Morgan fingerprint density at radius 3 is 2.61 bits per heavy atom. The van der Waals surface area contributed by atoms with Crippen LogP contribution in [0.4, 0.5) is 29.8 Å². The number of fused-ring (bicyclic) bond motifs is 1. The summed E-state index contributed by atoms with van der Waals surface area (Å²) in [6, 6.07) is 2.64. The summed E-state index contributed by atoms with van der Waals surface area (Å²) in [5.41, 5.74) is 0.561. The fourth-order valence-electron chi connectivity index (χ4n) is 3.48. The SMILES string of the molecule is CC(=O)N(C)c1cc(C(F)(F)F)cnc1Nc1nc(-c2cc3c(cn2)CC(=O)C3(C)C)ns1. The van der Waals surface area contributed by atoms with Crippen LogP contribution in [0, 0.1) is 0 Å². The van der Waals surface area contributed by atoms with E-state index in [1.165, 1.54) is 14.0 Å². The molecule has 0 aliphatic heterocycles. The highest BCUT2D eigenvalue weighted by Crippen LogP contribution is 2.38. The van der Waals surface area contributed by atoms with E-state index < -0.39 is 23.1 Å². The van der Waals surface area contributed by atoms with Gasteiger partial charge in [-0.25, -0.2) is 4.98 Å². The molecular weight excluding hydrogens is 457 g/mol. The van der Waals surface area contributed by atoms with Gasteiger partial charge in [0.1, 0.15) is 11.5 Å². The van der Waals surface area contributed by atoms with Gasteiger partial charge in [-0.2, -0.15) is 22.5 Å². The summed E-state index contributed by atoms with van der Waals surface area (Å²) in [7, 11) is 1.35. The summed E-state index contributed by atoms with van der Waals surface area (Å²) in [6.07, 6.45) is -1.95. The van der Waals surface area contributed by atoms with Crippen LogP contribution in [0.25, 0.3) is 11.5 Å². The van der Waals surface area contributed by atoms with Crippen molar-refractivity contribution in [3.63, 3.8) is 0 Å². The van der Waals surface area contributed by atoms with Crippen molar-refractivity contribution in [3.05, 3.63) is 41.2 Å². The topological polar surface area (TPSA) is 101 Å². The minimum atomic E-state index is -4.61. The number of anilines is 3. The number of pyridine rings is 2. The third kappa shape index (κ3) is 4.17. The van der Waals surface area contributed by atoms with Gasteiger partial charge in [0.15, 0.2) is 11.6 Å². The molecule has 3 aromatic rings. The van der Waals surface area contributed by atoms with Gasteiger partial charge in [-0.3, -0.25) is 14.6 Å². The Hall–Kier alpha value is -3.41. The molecule has 1 N–H and O–H groups in total. The molecule has 3 aromatic heterocycles. The lowest BCUT2D eigenvalue weighted by molar-refractivity contribution is -0.137. The van der Waals surface area contributed by atoms with Crippen molar-refractivity contribution in [1.29, 1.82) is 0 Å². The Morgan fingerprint density at radius 1 is 1.21 bits per heavy atom. The molecule has 1 aliphatic rings. The van der Waals surface area contributed by atoms with Crippen LogP contribution in [0.15, 0.2) is 24.5 Å². The molecule has 3 heterocycles. The molecule has 0 atom stereocenters. The van der Waals surface area contributed by atoms with Gasteiger partial charge in [0, 0.05) is 49.7 Å². The molecule has 0 unspecified atom stereocenters. The van der Waals surface area contributed by atoms with Gasteiger partial charge in [0.05, 0.1) is 11.3 Å². The third-order valence-corrected chi connectivity index (χ3v) is 6.25. The summed E-state index contributed by atoms with van der Waals surface area (Å²) >= 11 is 0.967. The number of ketones is 1. The number of alkyl halides is 3. The highest BCUT2D eigenvalue weighted by Gasteiger charge is 2.38. The Balaban J connectivity index is 1.66. The van der Waals surface area contributed by atoms with Crippen molar-refractivity contribution in [2.24, 2.45) is 0 Å². The first-order valence-electron chi connectivity index (χ1n) is 9.83. The van der Waals surface area contributed by atoms with Gasteiger partial charge >= 0.3 is 6.18 Å². The normalized spacial score (nSPS) is 14.8. The molecule has 12 heteroatoms. The van der Waals surface area contributed by atoms with Gasteiger partial charge in [-0.15, -0.1) is 0 Å². The van der Waals surface area contributed by atoms with E-state index >= 15 is 0 Å². The number of amides is 1. The summed E-state index contributed by atoms with van der Waals surface area (Å²) < 4.78 is 43.7. The van der Waals surface area contributed by atoms with Crippen molar-refractivity contribution < 1.29 is 22.8 Å². The van der Waals surface area contributed by atoms with Gasteiger partial charge in [0.2, 0.25) is 11.0 Å². The summed E-state index contributed by atoms with van der Waals surface area (Å²) in [5, 5.41) is 3.10. The maximum atomic E-state index is 13.1. The molecule has 1 amide bonds. The fraction of sp³-hybridized carbons (Fsp3) is 0.333. The molecule has 0 saturated heterocycles. The number of carbonyl (C=O) groups is 2. The average Bonchev–Trinajstić information content (AvgIpc) is 3.29. The molecule has 0 aromatic carbocycles. The predicted molar refractivity (Wildman–Crippen MR) is 116 cm³/mol. The second kappa shape index (κ2) is 7.87. The van der Waals surface area contributed by atoms with Crippen molar-refractivity contribution in [3.8, 4) is 11.5 Å². The van der Waals surface area contributed by atoms with Crippen LogP contribution >= 0.6 is 11.5 Å². The Morgan fingerprint density at radius 2 is 1.94 bits per heavy atom. The van der Waals surface area contributed by atoms with Gasteiger partial charge in [-0.1, -0.05) is 0 Å². The summed E-state index contributed by atoms with van der Waals surface area (Å²) in [6.45, 7) is 4.95. The lowest BCUT2D eigenvalue weighted by Gasteiger charge is -2.20. The molecule has 0 saturated carbocycles. The summed E-state index contributed by atoms with van der Waals surface area (Å²) in [4.78, 5) is 37.7. The molecule has 0 spiro atoms. The lowest BCUT2D eigenvalue weighted by Crippen LogP contribution is -2.24. The maximum Gasteiger partial charge on any atom is 0.417 e. The number of hydrogen-bond acceptors (Lipinski definition) is 8. The van der Waals surface area contributed by atoms with Crippen molar-refractivity contribution in [2.45, 2.75) is 38.8 Å². The second-order valence-corrected chi connectivity index (χ2v) is 8.92. The van der Waals surface area contributed by atoms with E-state index in [2.05, 4.69) is 24.6 Å². The Bertz CT molecular complexity index is 1270. The first kappa shape index (κ1) is 22.8. The average molecular weight is 476 g/mol. The standard InChI is InChI=1S/C21H19F3N6O2S/c1-10(31)30(4)15-6-12(21(22,23)24)9-26-18(15)28-19-27-17(29-33-19)14-7-13-11(8-25-14)5-16(32)20(13,2)3/h6-9H,5H2,1-4H3,(H,26,27,28,29). The van der Waals surface area contributed by atoms with Crippen LogP contribution in [0.1, 0.15) is 37.5 Å². The Kier molecular flexibility index (Phi) is 5.43. The van der Waals surface area contributed by atoms with Crippen molar-refractivity contribution in [1.82, 2.24) is 19.3 Å². The zero-order chi connectivity index (χ0) is 24.1. The van der Waals surface area contributed by atoms with Crippen LogP contribution in [0.3, 0.4) is 0 Å². The lowest BCUT2D eigenvalue weighted by atomic mass is 9.86. The zero-order valence-electron chi connectivity index (χ0n) is 18.1. The van der Waals surface area contributed by atoms with Gasteiger partial charge in [-0.05, 0) is 37.1 Å². The molecule has 172 valence electrons. The van der Waals surface area contributed by atoms with Crippen LogP contribution in [-0.2, 0) is 27.6 Å². The number of nitrogens with zero attached hydrogens (tertiary/aromatic N) is 5. The molecule has 1 aliphatic carbocycles. The van der Waals surface area contributed by atoms with Crippen LogP contribution in [-0.4, -0.2) is 38.1 Å². The molecule has 8 nitrogen and oxygen atoms in total. The largest absolute Gasteiger partial charge is 0.417 e. The molecule has 33 heavy (non-hydrogen) atoms. The van der Waals surface area contributed by atoms with E-state index in [1.54, 1.807) is 12.3 Å². The third-order valence-electron chi connectivity index (χ3n) is 5.62. The van der Waals surface area contributed by atoms with Gasteiger partial charge < -0.3 is 10.2 Å². The number of Topliss-reactive ketones (excluding diaryl/α,β-unsaturated/α-hetero) is 1. The number of halogens is 3. The molecule has 0 radical (unpaired) electrons. The number of aromatic nitrogens is 4. The smallest absolute Gasteiger partial charge is 0.313 e. The van der Waals surface area contributed by atoms with E-state index in [1.807, 2.05) is 13.8 Å². The monoisotopic (exact) mass is 476 g/mol. The zero-order valence-corrected chi connectivity index (χ0v) is 18.9. The number of nitrogens with one attached hydrogen (secondary N) is 1. The quantitative estimate of drug-likeness (QED) is 0.604. The molecule has 0 bridgehead atoms. The highest BCUT2D eigenvalue weighted by molar-refractivity contribution is 7.09. The van der Waals surface area contributed by atoms with Gasteiger partial charge in [0.25, 0.3) is 0 Å². The van der Waals surface area contributed by atoms with Crippen LogP contribution in [0.5, 0.6) is 0 Å². The van der Waals surface area contributed by atoms with Crippen molar-refractivity contribution >= 4 is 39.9 Å². The first-order chi connectivity index (χ1) is 15.4. The molecule has 4 rings (SSSR count). The van der Waals surface area contributed by atoms with Crippen LogP contribution < -0.4 is 10.2 Å². The highest BCUT2D eigenvalue weighted by atomic mass is 32.1. The maximum absolute atomic E-state index is 13.1. The van der Waals surface area contributed by atoms with E-state index in [9.17, 15) is 22.8 Å². The first-order valence-corrected chi connectivity index (χ1v) is 10.6. The van der Waals surface area contributed by atoms with E-state index in [-0.39, 0.29) is 22.4 Å². The fourth-order valence-corrected chi connectivity index (χ4v) is 4.06. The van der Waals surface area contributed by atoms with E-state index in [4.69, 9.17) is 0 Å². The second-order valence-electron chi connectivity index (χ2n) is 8.17. The minimum Gasteiger partial charge on any atom is -0.313 e. The Labute approximate surface area is 191 Å². The number of rotatable bonds is 4. The van der Waals surface area contributed by atoms with E-state index in [0.29, 0.717) is 24.1 Å². The van der Waals surface area contributed by atoms with Crippen LogP contribution in [0.2, 0.25) is 0 Å². The minimum absolute atomic E-state index is 0.0250. The molecular formula is C21H19F3N6O2S. The number of carbonyl (C=O) groups excluding carboxylic acids is 2. The summed E-state index contributed by atoms with van der Waals surface area (Å²) in [5.74, 6) is -0.0250. The van der Waals surface area contributed by atoms with Crippen molar-refractivity contribution in [2.75, 3.05) is 17.3 Å². The van der Waals surface area contributed by atoms with E-state index in [0.717, 1.165) is 33.6 Å². The predicted octanol–water partition coefficient (Wildman–Crippen LogP) is 4.14. The number of hydrogen-bond donors (Lipinski definition) is 1. The molecule has 0 fully saturated rings.